The number of hydrogen-bond acceptors (Lipinski definition) is 4. The quantitative estimate of drug-likeness (QED) is 0.366. The third-order valence-electron chi connectivity index (χ3n) is 3.86. The molecule has 0 amide bonds. The lowest BCUT2D eigenvalue weighted by Crippen LogP contribution is -2.07. The third-order valence-corrected chi connectivity index (χ3v) is 3.86. The molecule has 0 atom stereocenters. The van der Waals surface area contributed by atoms with Gasteiger partial charge in [0.05, 0.1) is 5.69 Å². The monoisotopic (exact) mass is 329 g/mol. The predicted octanol–water partition coefficient (Wildman–Crippen LogP) is 4.49. The molecule has 0 aliphatic carbocycles. The van der Waals surface area contributed by atoms with Crippen molar-refractivity contribution in [2.24, 2.45) is 0 Å². The minimum absolute atomic E-state index is 0.171. The van der Waals surface area contributed by atoms with Crippen molar-refractivity contribution >= 4 is 5.97 Å². The van der Waals surface area contributed by atoms with Gasteiger partial charge in [0.1, 0.15) is 12.1 Å². The molecule has 24 heavy (non-hydrogen) atoms. The van der Waals surface area contributed by atoms with Gasteiger partial charge < -0.3 is 4.74 Å². The van der Waals surface area contributed by atoms with E-state index in [2.05, 4.69) is 23.9 Å². The van der Waals surface area contributed by atoms with E-state index in [0.717, 1.165) is 43.6 Å². The highest BCUT2D eigenvalue weighted by molar-refractivity contribution is 5.72. The van der Waals surface area contributed by atoms with Crippen LogP contribution in [0.5, 0.6) is 5.75 Å². The van der Waals surface area contributed by atoms with Crippen molar-refractivity contribution in [2.45, 2.75) is 65.2 Å². The molecule has 0 saturated carbocycles. The molecule has 0 saturated heterocycles. The van der Waals surface area contributed by atoms with Crippen molar-refractivity contribution in [3.05, 3.63) is 36.4 Å². The standard InChI is InChI=1S/C19H27N3O2/c1-3-5-7-9-18-20-15-22(21-18)16-11-13-17(14-12-16)24-19(23)10-8-6-4-2/h11-15H,3-10H2,1-2H3. The van der Waals surface area contributed by atoms with E-state index in [1.54, 1.807) is 23.1 Å². The summed E-state index contributed by atoms with van der Waals surface area (Å²) in [6, 6.07) is 7.37. The van der Waals surface area contributed by atoms with Gasteiger partial charge in [-0.1, -0.05) is 39.5 Å². The molecule has 0 radical (unpaired) electrons. The van der Waals surface area contributed by atoms with Gasteiger partial charge in [0.25, 0.3) is 0 Å². The zero-order valence-corrected chi connectivity index (χ0v) is 14.7. The normalized spacial score (nSPS) is 10.8. The van der Waals surface area contributed by atoms with Crippen LogP contribution in [0.25, 0.3) is 5.69 Å². The van der Waals surface area contributed by atoms with E-state index >= 15 is 0 Å². The number of benzene rings is 1. The van der Waals surface area contributed by atoms with Crippen LogP contribution in [0.15, 0.2) is 30.6 Å². The van der Waals surface area contributed by atoms with Crippen LogP contribution in [0, 0.1) is 0 Å². The van der Waals surface area contributed by atoms with Gasteiger partial charge in [-0.2, -0.15) is 5.10 Å². The van der Waals surface area contributed by atoms with Crippen LogP contribution in [0.4, 0.5) is 0 Å². The van der Waals surface area contributed by atoms with Gasteiger partial charge in [-0.15, -0.1) is 0 Å². The summed E-state index contributed by atoms with van der Waals surface area (Å²) >= 11 is 0. The summed E-state index contributed by atoms with van der Waals surface area (Å²) < 4.78 is 7.10. The summed E-state index contributed by atoms with van der Waals surface area (Å²) in [5.74, 6) is 1.27. The number of carbonyl (C=O) groups is 1. The highest BCUT2D eigenvalue weighted by Crippen LogP contribution is 2.16. The van der Waals surface area contributed by atoms with Crippen LogP contribution in [0.3, 0.4) is 0 Å². The summed E-state index contributed by atoms with van der Waals surface area (Å²) in [6.07, 6.45) is 9.66. The first kappa shape index (κ1) is 18.2. The Kier molecular flexibility index (Phi) is 7.46. The fourth-order valence-corrected chi connectivity index (χ4v) is 2.44. The first-order valence-corrected chi connectivity index (χ1v) is 8.94. The molecule has 1 heterocycles. The number of rotatable bonds is 10. The molecule has 0 spiro atoms. The maximum Gasteiger partial charge on any atom is 0.311 e. The molecule has 0 aliphatic heterocycles. The Morgan fingerprint density at radius 1 is 1.04 bits per heavy atom. The highest BCUT2D eigenvalue weighted by Gasteiger charge is 2.06. The minimum Gasteiger partial charge on any atom is -0.427 e. The van der Waals surface area contributed by atoms with Crippen molar-refractivity contribution in [1.29, 1.82) is 0 Å². The molecular formula is C19H27N3O2. The Morgan fingerprint density at radius 3 is 2.46 bits per heavy atom. The van der Waals surface area contributed by atoms with Crippen molar-refractivity contribution < 1.29 is 9.53 Å². The zero-order chi connectivity index (χ0) is 17.2. The first-order valence-electron chi connectivity index (χ1n) is 8.94. The Labute approximate surface area is 144 Å². The maximum absolute atomic E-state index is 11.7. The van der Waals surface area contributed by atoms with Crippen LogP contribution in [0.1, 0.15) is 64.6 Å². The van der Waals surface area contributed by atoms with Gasteiger partial charge >= 0.3 is 5.97 Å². The second-order valence-electron chi connectivity index (χ2n) is 5.99. The number of carbonyl (C=O) groups excluding carboxylic acids is 1. The van der Waals surface area contributed by atoms with Crippen LogP contribution >= 0.6 is 0 Å². The van der Waals surface area contributed by atoms with Gasteiger partial charge in [-0.05, 0) is 37.1 Å². The number of ether oxygens (including phenoxy) is 1. The van der Waals surface area contributed by atoms with E-state index < -0.39 is 0 Å². The average molecular weight is 329 g/mol. The van der Waals surface area contributed by atoms with Gasteiger partial charge in [0, 0.05) is 12.8 Å². The Bertz CT molecular complexity index is 620. The molecule has 1 aromatic carbocycles. The molecule has 2 rings (SSSR count). The second-order valence-corrected chi connectivity index (χ2v) is 5.99. The topological polar surface area (TPSA) is 57.0 Å². The number of hydrogen-bond donors (Lipinski definition) is 0. The molecule has 130 valence electrons. The molecule has 5 nitrogen and oxygen atoms in total. The van der Waals surface area contributed by atoms with E-state index in [1.807, 2.05) is 12.1 Å². The average Bonchev–Trinajstić information content (AvgIpc) is 3.05. The summed E-state index contributed by atoms with van der Waals surface area (Å²) in [7, 11) is 0. The smallest absolute Gasteiger partial charge is 0.311 e. The van der Waals surface area contributed by atoms with E-state index in [0.29, 0.717) is 12.2 Å². The summed E-state index contributed by atoms with van der Waals surface area (Å²) in [5.41, 5.74) is 0.912. The molecule has 2 aromatic rings. The largest absolute Gasteiger partial charge is 0.427 e. The summed E-state index contributed by atoms with van der Waals surface area (Å²) in [4.78, 5) is 16.1. The number of nitrogens with zero attached hydrogens (tertiary/aromatic N) is 3. The summed E-state index contributed by atoms with van der Waals surface area (Å²) in [5, 5.41) is 4.49. The number of esters is 1. The molecular weight excluding hydrogens is 302 g/mol. The molecule has 0 aliphatic rings. The van der Waals surface area contributed by atoms with Crippen LogP contribution in [-0.2, 0) is 11.2 Å². The lowest BCUT2D eigenvalue weighted by molar-refractivity contribution is -0.134. The molecule has 0 bridgehead atoms. The predicted molar refractivity (Wildman–Crippen MR) is 94.4 cm³/mol. The lowest BCUT2D eigenvalue weighted by atomic mass is 10.2. The first-order chi connectivity index (χ1) is 11.7. The van der Waals surface area contributed by atoms with Gasteiger partial charge in [-0.25, -0.2) is 9.67 Å². The fraction of sp³-hybridized carbons (Fsp3) is 0.526. The fourth-order valence-electron chi connectivity index (χ4n) is 2.44. The minimum atomic E-state index is -0.171. The number of aromatic nitrogens is 3. The molecule has 5 heteroatoms. The molecule has 0 N–H and O–H groups in total. The van der Waals surface area contributed by atoms with Crippen LogP contribution in [-0.4, -0.2) is 20.7 Å². The van der Waals surface area contributed by atoms with E-state index in [1.165, 1.54) is 12.8 Å². The molecule has 0 unspecified atom stereocenters. The molecule has 0 fully saturated rings. The number of aryl methyl sites for hydroxylation is 1. The lowest BCUT2D eigenvalue weighted by Gasteiger charge is -2.05. The highest BCUT2D eigenvalue weighted by atomic mass is 16.5. The SMILES string of the molecule is CCCCCC(=O)Oc1ccc(-n2cnc(CCCCC)n2)cc1. The van der Waals surface area contributed by atoms with Gasteiger partial charge in [-0.3, -0.25) is 4.79 Å². The Hall–Kier alpha value is -2.17. The van der Waals surface area contributed by atoms with Crippen molar-refractivity contribution in [2.75, 3.05) is 0 Å². The number of unbranched alkanes of at least 4 members (excludes halogenated alkanes) is 4. The van der Waals surface area contributed by atoms with Crippen LogP contribution in [0.2, 0.25) is 0 Å². The van der Waals surface area contributed by atoms with Crippen molar-refractivity contribution in [3.63, 3.8) is 0 Å². The summed E-state index contributed by atoms with van der Waals surface area (Å²) in [6.45, 7) is 4.30. The Balaban J connectivity index is 1.88. The zero-order valence-electron chi connectivity index (χ0n) is 14.7. The van der Waals surface area contributed by atoms with Crippen molar-refractivity contribution in [1.82, 2.24) is 14.8 Å². The van der Waals surface area contributed by atoms with Gasteiger partial charge in [0.15, 0.2) is 5.82 Å². The van der Waals surface area contributed by atoms with E-state index in [9.17, 15) is 4.79 Å². The second kappa shape index (κ2) is 9.85. The van der Waals surface area contributed by atoms with E-state index in [4.69, 9.17) is 4.74 Å². The van der Waals surface area contributed by atoms with E-state index in [-0.39, 0.29) is 5.97 Å². The molecule has 1 aromatic heterocycles. The third kappa shape index (κ3) is 5.80. The van der Waals surface area contributed by atoms with Crippen molar-refractivity contribution in [3.8, 4) is 11.4 Å². The van der Waals surface area contributed by atoms with Gasteiger partial charge in [0.2, 0.25) is 0 Å². The maximum atomic E-state index is 11.7. The Morgan fingerprint density at radius 2 is 1.75 bits per heavy atom. The van der Waals surface area contributed by atoms with Crippen LogP contribution < -0.4 is 4.74 Å².